The molecular weight excluding hydrogens is 228 g/mol. The number of aromatic amines is 1. The van der Waals surface area contributed by atoms with Gasteiger partial charge in [0.05, 0.1) is 5.69 Å². The van der Waals surface area contributed by atoms with Crippen LogP contribution in [-0.4, -0.2) is 21.0 Å². The van der Waals surface area contributed by atoms with E-state index < -0.39 is 5.97 Å². The topological polar surface area (TPSA) is 66.0 Å². The van der Waals surface area contributed by atoms with Gasteiger partial charge in [-0.3, -0.25) is 4.79 Å². The number of carboxylic acid groups (broad SMARTS) is 1. The van der Waals surface area contributed by atoms with Gasteiger partial charge in [-0.25, -0.2) is 4.98 Å². The summed E-state index contributed by atoms with van der Waals surface area (Å²) in [6.45, 7) is 4.02. The molecule has 18 heavy (non-hydrogen) atoms. The van der Waals surface area contributed by atoms with Crippen LogP contribution in [0.15, 0.2) is 24.3 Å². The lowest BCUT2D eigenvalue weighted by atomic mass is 10.1. The van der Waals surface area contributed by atoms with Crippen LogP contribution in [0.4, 0.5) is 0 Å². The van der Waals surface area contributed by atoms with E-state index in [9.17, 15) is 4.79 Å². The number of carboxylic acids is 1. The second-order valence-corrected chi connectivity index (χ2v) is 4.28. The van der Waals surface area contributed by atoms with Crippen LogP contribution >= 0.6 is 0 Å². The molecule has 4 heteroatoms. The zero-order chi connectivity index (χ0) is 13.1. The molecule has 2 rings (SSSR count). The number of hydrogen-bond donors (Lipinski definition) is 2. The Hall–Kier alpha value is -2.10. The third-order valence-electron chi connectivity index (χ3n) is 2.89. The normalized spacial score (nSPS) is 10.6. The number of rotatable bonds is 4. The van der Waals surface area contributed by atoms with E-state index in [0.29, 0.717) is 5.82 Å². The molecule has 0 saturated heterocycles. The quantitative estimate of drug-likeness (QED) is 0.868. The van der Waals surface area contributed by atoms with Crippen molar-refractivity contribution in [1.82, 2.24) is 9.97 Å². The van der Waals surface area contributed by atoms with Crippen molar-refractivity contribution in [3.8, 4) is 11.3 Å². The van der Waals surface area contributed by atoms with Crippen molar-refractivity contribution in [3.05, 3.63) is 41.3 Å². The predicted molar refractivity (Wildman–Crippen MR) is 69.5 cm³/mol. The average Bonchev–Trinajstić information content (AvgIpc) is 2.69. The number of nitrogens with one attached hydrogen (secondary N) is 1. The zero-order valence-corrected chi connectivity index (χ0v) is 10.5. The fourth-order valence-corrected chi connectivity index (χ4v) is 1.93. The van der Waals surface area contributed by atoms with E-state index in [1.54, 1.807) is 0 Å². The van der Waals surface area contributed by atoms with Gasteiger partial charge in [-0.15, -0.1) is 0 Å². The van der Waals surface area contributed by atoms with Gasteiger partial charge in [0.25, 0.3) is 0 Å². The van der Waals surface area contributed by atoms with Crippen LogP contribution in [-0.2, 0) is 17.6 Å². The van der Waals surface area contributed by atoms with Gasteiger partial charge < -0.3 is 10.1 Å². The van der Waals surface area contributed by atoms with Crippen LogP contribution < -0.4 is 0 Å². The van der Waals surface area contributed by atoms with Crippen molar-refractivity contribution in [2.75, 3.05) is 0 Å². The Bertz CT molecular complexity index is 556. The molecule has 0 aliphatic rings. The van der Waals surface area contributed by atoms with Gasteiger partial charge in [0.1, 0.15) is 12.2 Å². The average molecular weight is 244 g/mol. The summed E-state index contributed by atoms with van der Waals surface area (Å²) < 4.78 is 0. The molecule has 0 unspecified atom stereocenters. The fraction of sp³-hybridized carbons (Fsp3) is 0.286. The number of aliphatic carboxylic acids is 1. The Morgan fingerprint density at radius 2 is 2.00 bits per heavy atom. The summed E-state index contributed by atoms with van der Waals surface area (Å²) in [7, 11) is 0. The molecule has 4 nitrogen and oxygen atoms in total. The van der Waals surface area contributed by atoms with E-state index in [4.69, 9.17) is 5.11 Å². The molecule has 0 radical (unpaired) electrons. The minimum absolute atomic E-state index is 0.0755. The summed E-state index contributed by atoms with van der Waals surface area (Å²) in [6, 6.07) is 8.18. The summed E-state index contributed by atoms with van der Waals surface area (Å²) in [5, 5.41) is 8.75. The second kappa shape index (κ2) is 5.04. The molecule has 0 aliphatic heterocycles. The Morgan fingerprint density at radius 1 is 1.33 bits per heavy atom. The van der Waals surface area contributed by atoms with Crippen molar-refractivity contribution in [2.24, 2.45) is 0 Å². The van der Waals surface area contributed by atoms with Crippen molar-refractivity contribution in [1.29, 1.82) is 0 Å². The number of H-pyrrole nitrogens is 1. The molecule has 1 aromatic carbocycles. The highest BCUT2D eigenvalue weighted by molar-refractivity contribution is 5.70. The molecule has 0 bridgehead atoms. The van der Waals surface area contributed by atoms with Gasteiger partial charge in [0, 0.05) is 11.3 Å². The number of hydrogen-bond acceptors (Lipinski definition) is 2. The van der Waals surface area contributed by atoms with Gasteiger partial charge in [0.15, 0.2) is 0 Å². The Labute approximate surface area is 106 Å². The van der Waals surface area contributed by atoms with E-state index in [1.807, 2.05) is 19.1 Å². The Morgan fingerprint density at radius 3 is 2.56 bits per heavy atom. The predicted octanol–water partition coefficient (Wildman–Crippen LogP) is 2.57. The SMILES string of the molecule is CCc1ccc(-c2nc(CC(=O)O)[nH]c2C)cc1. The van der Waals surface area contributed by atoms with Crippen LogP contribution in [0.3, 0.4) is 0 Å². The molecule has 0 saturated carbocycles. The highest BCUT2D eigenvalue weighted by Crippen LogP contribution is 2.21. The maximum Gasteiger partial charge on any atom is 0.311 e. The molecule has 1 aromatic heterocycles. The van der Waals surface area contributed by atoms with Crippen molar-refractivity contribution < 1.29 is 9.90 Å². The number of aryl methyl sites for hydroxylation is 2. The molecule has 0 spiro atoms. The van der Waals surface area contributed by atoms with E-state index in [1.165, 1.54) is 5.56 Å². The summed E-state index contributed by atoms with van der Waals surface area (Å²) in [5.74, 6) is -0.383. The smallest absolute Gasteiger partial charge is 0.311 e. The summed E-state index contributed by atoms with van der Waals surface area (Å²) in [6.07, 6.45) is 0.929. The maximum atomic E-state index is 10.6. The van der Waals surface area contributed by atoms with E-state index >= 15 is 0 Å². The van der Waals surface area contributed by atoms with E-state index in [-0.39, 0.29) is 6.42 Å². The number of benzene rings is 1. The largest absolute Gasteiger partial charge is 0.481 e. The van der Waals surface area contributed by atoms with Gasteiger partial charge >= 0.3 is 5.97 Å². The second-order valence-electron chi connectivity index (χ2n) is 4.28. The highest BCUT2D eigenvalue weighted by atomic mass is 16.4. The van der Waals surface area contributed by atoms with Crippen molar-refractivity contribution >= 4 is 5.97 Å². The standard InChI is InChI=1S/C14H16N2O2/c1-3-10-4-6-11(7-5-10)14-9(2)15-12(16-14)8-13(17)18/h4-7H,3,8H2,1-2H3,(H,15,16)(H,17,18). The minimum atomic E-state index is -0.878. The fourth-order valence-electron chi connectivity index (χ4n) is 1.93. The van der Waals surface area contributed by atoms with Gasteiger partial charge in [0.2, 0.25) is 0 Å². The lowest BCUT2D eigenvalue weighted by Crippen LogP contribution is -2.01. The molecule has 1 heterocycles. The molecular formula is C14H16N2O2. The summed E-state index contributed by atoms with van der Waals surface area (Å²) in [4.78, 5) is 18.0. The first-order valence-electron chi connectivity index (χ1n) is 5.96. The highest BCUT2D eigenvalue weighted by Gasteiger charge is 2.11. The maximum absolute atomic E-state index is 10.6. The van der Waals surface area contributed by atoms with Crippen LogP contribution in [0.25, 0.3) is 11.3 Å². The molecule has 0 fully saturated rings. The number of carbonyl (C=O) groups is 1. The van der Waals surface area contributed by atoms with Crippen LogP contribution in [0.2, 0.25) is 0 Å². The molecule has 94 valence electrons. The van der Waals surface area contributed by atoms with Crippen LogP contribution in [0.5, 0.6) is 0 Å². The molecule has 0 atom stereocenters. The number of aromatic nitrogens is 2. The first kappa shape index (κ1) is 12.4. The number of nitrogens with zero attached hydrogens (tertiary/aromatic N) is 1. The van der Waals surface area contributed by atoms with Crippen LogP contribution in [0.1, 0.15) is 24.0 Å². The molecule has 0 amide bonds. The molecule has 2 N–H and O–H groups in total. The van der Waals surface area contributed by atoms with E-state index in [0.717, 1.165) is 23.4 Å². The first-order valence-corrected chi connectivity index (χ1v) is 5.96. The third-order valence-corrected chi connectivity index (χ3v) is 2.89. The molecule has 2 aromatic rings. The van der Waals surface area contributed by atoms with Crippen molar-refractivity contribution in [3.63, 3.8) is 0 Å². The number of imidazole rings is 1. The van der Waals surface area contributed by atoms with Crippen molar-refractivity contribution in [2.45, 2.75) is 26.7 Å². The zero-order valence-electron chi connectivity index (χ0n) is 10.5. The summed E-state index contributed by atoms with van der Waals surface area (Å²) >= 11 is 0. The van der Waals surface area contributed by atoms with E-state index in [2.05, 4.69) is 29.0 Å². The Kier molecular flexibility index (Phi) is 3.46. The minimum Gasteiger partial charge on any atom is -0.481 e. The third kappa shape index (κ3) is 2.59. The van der Waals surface area contributed by atoms with Gasteiger partial charge in [-0.05, 0) is 18.9 Å². The van der Waals surface area contributed by atoms with Crippen LogP contribution in [0, 0.1) is 6.92 Å². The lowest BCUT2D eigenvalue weighted by molar-refractivity contribution is -0.136. The van der Waals surface area contributed by atoms with Gasteiger partial charge in [-0.1, -0.05) is 31.2 Å². The monoisotopic (exact) mass is 244 g/mol. The van der Waals surface area contributed by atoms with Gasteiger partial charge in [-0.2, -0.15) is 0 Å². The summed E-state index contributed by atoms with van der Waals surface area (Å²) in [5.41, 5.74) is 4.01. The first-order chi connectivity index (χ1) is 8.60. The lowest BCUT2D eigenvalue weighted by Gasteiger charge is -2.00. The Balaban J connectivity index is 2.31. The molecule has 0 aliphatic carbocycles.